The van der Waals surface area contributed by atoms with Gasteiger partial charge in [-0.3, -0.25) is 0 Å². The molecule has 0 saturated heterocycles. The van der Waals surface area contributed by atoms with Gasteiger partial charge in [-0.05, 0) is 25.1 Å². The van der Waals surface area contributed by atoms with Gasteiger partial charge >= 0.3 is 0 Å². The molecule has 1 aromatic heterocycles. The van der Waals surface area contributed by atoms with E-state index in [4.69, 9.17) is 23.2 Å². The van der Waals surface area contributed by atoms with Crippen LogP contribution in [-0.2, 0) is 10.0 Å². The number of rotatable bonds is 4. The minimum absolute atomic E-state index is 0.0555. The minimum Gasteiger partial charge on any atom is -0.347 e. The molecule has 2 rings (SSSR count). The van der Waals surface area contributed by atoms with Crippen molar-refractivity contribution < 1.29 is 8.42 Å². The molecule has 2 N–H and O–H groups in total. The molecule has 102 valence electrons. The Morgan fingerprint density at radius 3 is 2.74 bits per heavy atom. The van der Waals surface area contributed by atoms with Gasteiger partial charge in [-0.2, -0.15) is 0 Å². The summed E-state index contributed by atoms with van der Waals surface area (Å²) < 4.78 is 26.9. The Labute approximate surface area is 121 Å². The van der Waals surface area contributed by atoms with E-state index in [-0.39, 0.29) is 9.92 Å². The van der Waals surface area contributed by atoms with Gasteiger partial charge in [-0.15, -0.1) is 0 Å². The molecule has 0 saturated carbocycles. The summed E-state index contributed by atoms with van der Waals surface area (Å²) in [5, 5.41) is 0.416. The van der Waals surface area contributed by atoms with Crippen molar-refractivity contribution in [3.63, 3.8) is 0 Å². The highest BCUT2D eigenvalue weighted by molar-refractivity contribution is 7.89. The SMILES string of the molecule is CC(NS(=O)(=O)c1cc(Cl)ccc1Cl)c1ncc[nH]1. The normalized spacial score (nSPS) is 13.4. The fraction of sp³-hybridized carbons (Fsp3) is 0.182. The van der Waals surface area contributed by atoms with Crippen LogP contribution in [-0.4, -0.2) is 18.4 Å². The molecule has 1 atom stereocenters. The number of H-pyrrole nitrogens is 1. The van der Waals surface area contributed by atoms with Gasteiger partial charge in [0, 0.05) is 17.4 Å². The molecule has 0 aliphatic rings. The van der Waals surface area contributed by atoms with E-state index in [1.54, 1.807) is 19.3 Å². The van der Waals surface area contributed by atoms with Crippen molar-refractivity contribution >= 4 is 33.2 Å². The highest BCUT2D eigenvalue weighted by atomic mass is 35.5. The molecule has 5 nitrogen and oxygen atoms in total. The first-order valence-corrected chi connectivity index (χ1v) is 7.61. The maximum Gasteiger partial charge on any atom is 0.242 e. The van der Waals surface area contributed by atoms with E-state index in [1.165, 1.54) is 18.2 Å². The number of aromatic nitrogens is 2. The first kappa shape index (κ1) is 14.3. The third kappa shape index (κ3) is 3.27. The molecule has 0 spiro atoms. The molecular weight excluding hydrogens is 309 g/mol. The average Bonchev–Trinajstić information content (AvgIpc) is 2.85. The van der Waals surface area contributed by atoms with Crippen LogP contribution in [0.3, 0.4) is 0 Å². The molecule has 0 aliphatic carbocycles. The maximum absolute atomic E-state index is 12.2. The monoisotopic (exact) mass is 319 g/mol. The van der Waals surface area contributed by atoms with Crippen LogP contribution in [0.4, 0.5) is 0 Å². The van der Waals surface area contributed by atoms with E-state index in [9.17, 15) is 8.42 Å². The molecule has 0 bridgehead atoms. The van der Waals surface area contributed by atoms with E-state index in [0.29, 0.717) is 10.8 Å². The smallest absolute Gasteiger partial charge is 0.242 e. The molecule has 0 aliphatic heterocycles. The maximum atomic E-state index is 12.2. The third-order valence-corrected chi connectivity index (χ3v) is 4.70. The molecule has 2 aromatic rings. The largest absolute Gasteiger partial charge is 0.347 e. The third-order valence-electron chi connectivity index (χ3n) is 2.44. The van der Waals surface area contributed by atoms with E-state index < -0.39 is 16.1 Å². The number of halogens is 2. The number of aromatic amines is 1. The van der Waals surface area contributed by atoms with Gasteiger partial charge in [0.25, 0.3) is 0 Å². The average molecular weight is 320 g/mol. The molecule has 8 heteroatoms. The summed E-state index contributed by atoms with van der Waals surface area (Å²) in [5.74, 6) is 0.515. The minimum atomic E-state index is -3.77. The van der Waals surface area contributed by atoms with Crippen molar-refractivity contribution in [3.8, 4) is 0 Å². The second kappa shape index (κ2) is 5.50. The number of hydrogen-bond acceptors (Lipinski definition) is 3. The highest BCUT2D eigenvalue weighted by Crippen LogP contribution is 2.25. The van der Waals surface area contributed by atoms with Gasteiger partial charge in [0.05, 0.1) is 11.1 Å². The molecule has 1 aromatic carbocycles. The fourth-order valence-corrected chi connectivity index (χ4v) is 3.52. The quantitative estimate of drug-likeness (QED) is 0.909. The fourth-order valence-electron chi connectivity index (χ4n) is 1.55. The van der Waals surface area contributed by atoms with Crippen molar-refractivity contribution in [2.75, 3.05) is 0 Å². The van der Waals surface area contributed by atoms with Crippen molar-refractivity contribution in [1.29, 1.82) is 0 Å². The van der Waals surface area contributed by atoms with Gasteiger partial charge in [-0.1, -0.05) is 23.2 Å². The van der Waals surface area contributed by atoms with E-state index >= 15 is 0 Å². The van der Waals surface area contributed by atoms with E-state index in [0.717, 1.165) is 0 Å². The Morgan fingerprint density at radius 1 is 1.37 bits per heavy atom. The number of nitrogens with one attached hydrogen (secondary N) is 2. The first-order chi connectivity index (χ1) is 8.90. The van der Waals surface area contributed by atoms with E-state index in [2.05, 4.69) is 14.7 Å². The molecule has 0 radical (unpaired) electrons. The Morgan fingerprint density at radius 2 is 2.11 bits per heavy atom. The number of benzene rings is 1. The topological polar surface area (TPSA) is 74.8 Å². The van der Waals surface area contributed by atoms with Crippen LogP contribution in [0.15, 0.2) is 35.5 Å². The summed E-state index contributed by atoms with van der Waals surface area (Å²) in [5.41, 5.74) is 0. The predicted molar refractivity (Wildman–Crippen MR) is 73.8 cm³/mol. The van der Waals surface area contributed by atoms with Gasteiger partial charge in [0.2, 0.25) is 10.0 Å². The van der Waals surface area contributed by atoms with Crippen LogP contribution in [0.2, 0.25) is 10.0 Å². The molecular formula is C11H11Cl2N3O2S. The summed E-state index contributed by atoms with van der Waals surface area (Å²) in [7, 11) is -3.77. The molecule has 1 unspecified atom stereocenters. The van der Waals surface area contributed by atoms with Crippen LogP contribution < -0.4 is 4.72 Å². The lowest BCUT2D eigenvalue weighted by Gasteiger charge is -2.13. The van der Waals surface area contributed by atoms with Crippen molar-refractivity contribution in [1.82, 2.24) is 14.7 Å². The number of hydrogen-bond donors (Lipinski definition) is 2. The van der Waals surface area contributed by atoms with Crippen LogP contribution in [0.1, 0.15) is 18.8 Å². The lowest BCUT2D eigenvalue weighted by atomic mass is 10.3. The summed E-state index contributed by atoms with van der Waals surface area (Å²) in [6, 6.07) is 3.77. The van der Waals surface area contributed by atoms with Crippen LogP contribution in [0.5, 0.6) is 0 Å². The standard InChI is InChI=1S/C11H11Cl2N3O2S/c1-7(11-14-4-5-15-11)16-19(17,18)10-6-8(12)2-3-9(10)13/h2-7,16H,1H3,(H,14,15). The Kier molecular flexibility index (Phi) is 4.15. The summed E-state index contributed by atoms with van der Waals surface area (Å²) in [4.78, 5) is 6.78. The second-order valence-electron chi connectivity index (χ2n) is 3.89. The first-order valence-electron chi connectivity index (χ1n) is 5.37. The highest BCUT2D eigenvalue weighted by Gasteiger charge is 2.22. The van der Waals surface area contributed by atoms with Gasteiger partial charge < -0.3 is 4.98 Å². The molecule has 0 fully saturated rings. The van der Waals surface area contributed by atoms with Crippen LogP contribution in [0.25, 0.3) is 0 Å². The number of nitrogens with zero attached hydrogens (tertiary/aromatic N) is 1. The zero-order chi connectivity index (χ0) is 14.0. The zero-order valence-electron chi connectivity index (χ0n) is 9.89. The van der Waals surface area contributed by atoms with Gasteiger partial charge in [0.1, 0.15) is 10.7 Å². The van der Waals surface area contributed by atoms with E-state index in [1.807, 2.05) is 0 Å². The van der Waals surface area contributed by atoms with Crippen molar-refractivity contribution in [3.05, 3.63) is 46.5 Å². The summed E-state index contributed by atoms with van der Waals surface area (Å²) in [6.07, 6.45) is 3.17. The Hall–Kier alpha value is -1.08. The zero-order valence-corrected chi connectivity index (χ0v) is 12.2. The number of sulfonamides is 1. The predicted octanol–water partition coefficient (Wildman–Crippen LogP) is 2.76. The Balaban J connectivity index is 2.30. The Bertz CT molecular complexity index is 671. The summed E-state index contributed by atoms with van der Waals surface area (Å²) >= 11 is 11.7. The van der Waals surface area contributed by atoms with Crippen LogP contribution in [0, 0.1) is 0 Å². The van der Waals surface area contributed by atoms with Crippen molar-refractivity contribution in [2.24, 2.45) is 0 Å². The summed E-state index contributed by atoms with van der Waals surface area (Å²) in [6.45, 7) is 1.68. The van der Waals surface area contributed by atoms with Gasteiger partial charge in [-0.25, -0.2) is 18.1 Å². The lowest BCUT2D eigenvalue weighted by Crippen LogP contribution is -2.27. The molecule has 1 heterocycles. The molecule has 0 amide bonds. The molecule has 19 heavy (non-hydrogen) atoms. The van der Waals surface area contributed by atoms with Crippen LogP contribution >= 0.6 is 23.2 Å². The number of imidazole rings is 1. The van der Waals surface area contributed by atoms with Crippen molar-refractivity contribution in [2.45, 2.75) is 17.9 Å². The lowest BCUT2D eigenvalue weighted by molar-refractivity contribution is 0.561. The second-order valence-corrected chi connectivity index (χ2v) is 6.42. The van der Waals surface area contributed by atoms with Gasteiger partial charge in [0.15, 0.2) is 0 Å².